The molecule has 0 aliphatic rings. The second-order valence-corrected chi connectivity index (χ2v) is 4.00. The van der Waals surface area contributed by atoms with E-state index in [0.717, 1.165) is 23.8 Å². The summed E-state index contributed by atoms with van der Waals surface area (Å²) in [6.07, 6.45) is 1.92. The third kappa shape index (κ3) is 2.25. The van der Waals surface area contributed by atoms with Crippen molar-refractivity contribution in [3.8, 4) is 0 Å². The van der Waals surface area contributed by atoms with Crippen molar-refractivity contribution in [2.45, 2.75) is 26.9 Å². The first-order valence-electron chi connectivity index (χ1n) is 5.67. The first kappa shape index (κ1) is 11.5. The number of nitrogens with one attached hydrogen (secondary N) is 1. The van der Waals surface area contributed by atoms with Gasteiger partial charge in [0, 0.05) is 19.8 Å². The minimum atomic E-state index is 0.649. The zero-order chi connectivity index (χ0) is 12.4. The summed E-state index contributed by atoms with van der Waals surface area (Å²) in [4.78, 5) is 0. The van der Waals surface area contributed by atoms with Crippen LogP contribution in [0.15, 0.2) is 12.3 Å². The van der Waals surface area contributed by atoms with Gasteiger partial charge >= 0.3 is 0 Å². The Bertz CT molecular complexity index is 510. The highest BCUT2D eigenvalue weighted by Crippen LogP contribution is 2.22. The fourth-order valence-electron chi connectivity index (χ4n) is 1.74. The zero-order valence-corrected chi connectivity index (χ0v) is 10.4. The molecule has 0 radical (unpaired) electrons. The van der Waals surface area contributed by atoms with Gasteiger partial charge in [-0.25, -0.2) is 4.68 Å². The highest BCUT2D eigenvalue weighted by molar-refractivity contribution is 5.64. The van der Waals surface area contributed by atoms with Crippen LogP contribution < -0.4 is 11.1 Å². The van der Waals surface area contributed by atoms with Crippen molar-refractivity contribution in [1.29, 1.82) is 0 Å². The van der Waals surface area contributed by atoms with Crippen molar-refractivity contribution in [2.24, 2.45) is 7.05 Å². The van der Waals surface area contributed by atoms with E-state index in [0.29, 0.717) is 12.2 Å². The maximum absolute atomic E-state index is 5.98. The Balaban J connectivity index is 2.13. The van der Waals surface area contributed by atoms with E-state index < -0.39 is 0 Å². The van der Waals surface area contributed by atoms with Crippen molar-refractivity contribution in [3.05, 3.63) is 23.7 Å². The van der Waals surface area contributed by atoms with Gasteiger partial charge in [0.05, 0.1) is 23.6 Å². The third-order valence-corrected chi connectivity index (χ3v) is 2.68. The molecule has 0 fully saturated rings. The van der Waals surface area contributed by atoms with Gasteiger partial charge in [-0.05, 0) is 19.9 Å². The van der Waals surface area contributed by atoms with Crippen LogP contribution in [-0.4, -0.2) is 19.6 Å². The predicted molar refractivity (Wildman–Crippen MR) is 67.6 cm³/mol. The maximum atomic E-state index is 5.98. The van der Waals surface area contributed by atoms with E-state index in [9.17, 15) is 0 Å². The van der Waals surface area contributed by atoms with Crippen LogP contribution in [-0.2, 0) is 20.1 Å². The van der Waals surface area contributed by atoms with Gasteiger partial charge in [0.1, 0.15) is 5.82 Å². The standard InChI is InChI=1S/C11H18N6/c1-4-17-11(10(12)8(2)14-17)13-7-9-5-6-16(3)15-9/h5-6,13H,4,7,12H2,1-3H3. The molecule has 0 amide bonds. The average Bonchev–Trinajstić information content (AvgIpc) is 2.83. The van der Waals surface area contributed by atoms with Crippen LogP contribution in [0.1, 0.15) is 18.3 Å². The second-order valence-electron chi connectivity index (χ2n) is 4.00. The van der Waals surface area contributed by atoms with E-state index >= 15 is 0 Å². The predicted octanol–water partition coefficient (Wildman–Crippen LogP) is 1.14. The Kier molecular flexibility index (Phi) is 3.03. The normalized spacial score (nSPS) is 10.8. The molecule has 6 heteroatoms. The smallest absolute Gasteiger partial charge is 0.148 e. The summed E-state index contributed by atoms with van der Waals surface area (Å²) in [5.41, 5.74) is 8.52. The van der Waals surface area contributed by atoms with Crippen LogP contribution in [0.2, 0.25) is 0 Å². The lowest BCUT2D eigenvalue weighted by Gasteiger charge is -2.07. The topological polar surface area (TPSA) is 73.7 Å². The van der Waals surface area contributed by atoms with Crippen LogP contribution in [0.3, 0.4) is 0 Å². The van der Waals surface area contributed by atoms with Crippen LogP contribution in [0.4, 0.5) is 11.5 Å². The van der Waals surface area contributed by atoms with E-state index in [1.54, 1.807) is 4.68 Å². The minimum Gasteiger partial charge on any atom is -0.394 e. The Hall–Kier alpha value is -1.98. The molecule has 3 N–H and O–H groups in total. The SMILES string of the molecule is CCn1nc(C)c(N)c1NCc1ccn(C)n1. The van der Waals surface area contributed by atoms with Gasteiger partial charge in [0.25, 0.3) is 0 Å². The molecule has 0 unspecified atom stereocenters. The lowest BCUT2D eigenvalue weighted by Crippen LogP contribution is -2.08. The number of nitrogens with two attached hydrogens (primary N) is 1. The number of nitrogens with zero attached hydrogens (tertiary/aromatic N) is 4. The first-order valence-corrected chi connectivity index (χ1v) is 5.67. The quantitative estimate of drug-likeness (QED) is 0.832. The Morgan fingerprint density at radius 2 is 2.18 bits per heavy atom. The van der Waals surface area contributed by atoms with Gasteiger partial charge in [0.15, 0.2) is 0 Å². The highest BCUT2D eigenvalue weighted by Gasteiger charge is 2.11. The number of anilines is 2. The Labute approximate surface area is 100 Å². The second kappa shape index (κ2) is 4.48. The molecule has 0 aliphatic heterocycles. The number of hydrogen-bond acceptors (Lipinski definition) is 4. The van der Waals surface area contributed by atoms with Gasteiger partial charge in [-0.1, -0.05) is 0 Å². The van der Waals surface area contributed by atoms with Gasteiger partial charge in [-0.2, -0.15) is 10.2 Å². The largest absolute Gasteiger partial charge is 0.394 e. The van der Waals surface area contributed by atoms with E-state index in [2.05, 4.69) is 15.5 Å². The van der Waals surface area contributed by atoms with Crippen molar-refractivity contribution >= 4 is 11.5 Å². The van der Waals surface area contributed by atoms with E-state index in [1.165, 1.54) is 0 Å². The zero-order valence-electron chi connectivity index (χ0n) is 10.4. The third-order valence-electron chi connectivity index (χ3n) is 2.68. The van der Waals surface area contributed by atoms with E-state index in [4.69, 9.17) is 5.73 Å². The molecule has 0 saturated carbocycles. The molecule has 2 heterocycles. The molecule has 92 valence electrons. The first-order chi connectivity index (χ1) is 8.11. The maximum Gasteiger partial charge on any atom is 0.148 e. The number of aryl methyl sites for hydroxylation is 3. The van der Waals surface area contributed by atoms with Crippen molar-refractivity contribution < 1.29 is 0 Å². The number of rotatable bonds is 4. The van der Waals surface area contributed by atoms with Crippen molar-refractivity contribution in [1.82, 2.24) is 19.6 Å². The summed E-state index contributed by atoms with van der Waals surface area (Å²) in [6.45, 7) is 5.39. The molecule has 2 aromatic heterocycles. The summed E-state index contributed by atoms with van der Waals surface area (Å²) in [5, 5.41) is 11.9. The molecule has 0 aromatic carbocycles. The lowest BCUT2D eigenvalue weighted by molar-refractivity contribution is 0.656. The molecule has 2 aromatic rings. The molecule has 0 saturated heterocycles. The van der Waals surface area contributed by atoms with Crippen LogP contribution in [0.25, 0.3) is 0 Å². The lowest BCUT2D eigenvalue weighted by atomic mass is 10.3. The molecule has 0 aliphatic carbocycles. The van der Waals surface area contributed by atoms with Crippen LogP contribution in [0, 0.1) is 6.92 Å². The number of hydrogen-bond donors (Lipinski definition) is 2. The fraction of sp³-hybridized carbons (Fsp3) is 0.455. The molecule has 6 nitrogen and oxygen atoms in total. The van der Waals surface area contributed by atoms with Gasteiger partial charge in [0.2, 0.25) is 0 Å². The molecular weight excluding hydrogens is 216 g/mol. The Morgan fingerprint density at radius 1 is 1.41 bits per heavy atom. The van der Waals surface area contributed by atoms with Crippen molar-refractivity contribution in [3.63, 3.8) is 0 Å². The van der Waals surface area contributed by atoms with Crippen molar-refractivity contribution in [2.75, 3.05) is 11.1 Å². The van der Waals surface area contributed by atoms with Gasteiger partial charge < -0.3 is 11.1 Å². The summed E-state index contributed by atoms with van der Waals surface area (Å²) in [7, 11) is 1.90. The average molecular weight is 234 g/mol. The van der Waals surface area contributed by atoms with E-state index in [-0.39, 0.29) is 0 Å². The summed E-state index contributed by atoms with van der Waals surface area (Å²) in [5.74, 6) is 0.871. The minimum absolute atomic E-state index is 0.649. The molecular formula is C11H18N6. The summed E-state index contributed by atoms with van der Waals surface area (Å²) >= 11 is 0. The summed E-state index contributed by atoms with van der Waals surface area (Å²) < 4.78 is 3.65. The molecule has 17 heavy (non-hydrogen) atoms. The number of nitrogen functional groups attached to an aromatic ring is 1. The molecule has 2 rings (SSSR count). The Morgan fingerprint density at radius 3 is 2.76 bits per heavy atom. The molecule has 0 atom stereocenters. The van der Waals surface area contributed by atoms with Crippen LogP contribution >= 0.6 is 0 Å². The molecule has 0 bridgehead atoms. The fourth-order valence-corrected chi connectivity index (χ4v) is 1.74. The van der Waals surface area contributed by atoms with Crippen LogP contribution in [0.5, 0.6) is 0 Å². The summed E-state index contributed by atoms with van der Waals surface area (Å²) in [6, 6.07) is 1.97. The monoisotopic (exact) mass is 234 g/mol. The molecule has 0 spiro atoms. The van der Waals surface area contributed by atoms with Gasteiger partial charge in [-0.3, -0.25) is 4.68 Å². The number of aromatic nitrogens is 4. The van der Waals surface area contributed by atoms with E-state index in [1.807, 2.05) is 37.8 Å². The van der Waals surface area contributed by atoms with Gasteiger partial charge in [-0.15, -0.1) is 0 Å². The highest BCUT2D eigenvalue weighted by atomic mass is 15.3.